The van der Waals surface area contributed by atoms with Crippen LogP contribution in [-0.2, 0) is 4.74 Å². The van der Waals surface area contributed by atoms with Gasteiger partial charge in [-0.25, -0.2) is 4.79 Å². The van der Waals surface area contributed by atoms with Crippen LogP contribution in [0.4, 0.5) is 4.79 Å². The van der Waals surface area contributed by atoms with Crippen LogP contribution < -0.4 is 10.6 Å². The molecule has 0 radical (unpaired) electrons. The molecule has 1 aliphatic heterocycles. The highest BCUT2D eigenvalue weighted by Crippen LogP contribution is 2.08. The second kappa shape index (κ2) is 4.27. The maximum absolute atomic E-state index is 10.3. The van der Waals surface area contributed by atoms with E-state index >= 15 is 0 Å². The zero-order valence-corrected chi connectivity index (χ0v) is 7.04. The Hall–Kier alpha value is -0.810. The Kier molecular flexibility index (Phi) is 3.31. The normalized spacial score (nSPS) is 28.8. The van der Waals surface area contributed by atoms with Crippen molar-refractivity contribution >= 4 is 6.09 Å². The Morgan fingerprint density at radius 2 is 2.50 bits per heavy atom. The number of amides is 1. The first-order valence-electron chi connectivity index (χ1n) is 3.93. The van der Waals surface area contributed by atoms with Crippen LogP contribution in [0.5, 0.6) is 0 Å². The van der Waals surface area contributed by atoms with Crippen molar-refractivity contribution in [2.75, 3.05) is 26.8 Å². The molecular weight excluding hydrogens is 160 g/mol. The highest BCUT2D eigenvalue weighted by Gasteiger charge is 2.27. The van der Waals surface area contributed by atoms with Gasteiger partial charge in [0.1, 0.15) is 0 Å². The largest absolute Gasteiger partial charge is 0.465 e. The number of hydrogen-bond donors (Lipinski definition) is 3. The average molecular weight is 174 g/mol. The molecule has 0 aromatic rings. The number of methoxy groups -OCH3 is 1. The summed E-state index contributed by atoms with van der Waals surface area (Å²) in [5, 5.41) is 14.0. The van der Waals surface area contributed by atoms with Crippen LogP contribution in [0.25, 0.3) is 0 Å². The Morgan fingerprint density at radius 3 is 3.08 bits per heavy atom. The molecule has 0 aromatic carbocycles. The lowest BCUT2D eigenvalue weighted by atomic mass is 10.1. The third kappa shape index (κ3) is 2.35. The summed E-state index contributed by atoms with van der Waals surface area (Å²) in [4.78, 5) is 10.3. The van der Waals surface area contributed by atoms with E-state index in [1.807, 2.05) is 0 Å². The standard InChI is InChI=1S/C7H14N2O3/c1-12-4-5-2-8-3-6(5)9-7(10)11/h5-6,8-9H,2-4H2,1H3,(H,10,11)/t5-,6-/m0/s1. The fraction of sp³-hybridized carbons (Fsp3) is 0.857. The summed E-state index contributed by atoms with van der Waals surface area (Å²) >= 11 is 0. The van der Waals surface area contributed by atoms with Gasteiger partial charge in [-0.1, -0.05) is 0 Å². The van der Waals surface area contributed by atoms with Crippen molar-refractivity contribution in [1.82, 2.24) is 10.6 Å². The van der Waals surface area contributed by atoms with Crippen LogP contribution in [0.3, 0.4) is 0 Å². The molecule has 1 heterocycles. The zero-order valence-electron chi connectivity index (χ0n) is 7.04. The molecule has 1 aliphatic rings. The molecule has 0 unspecified atom stereocenters. The summed E-state index contributed by atoms with van der Waals surface area (Å²) < 4.78 is 4.96. The lowest BCUT2D eigenvalue weighted by molar-refractivity contribution is 0.142. The maximum Gasteiger partial charge on any atom is 0.404 e. The molecule has 0 spiro atoms. The Morgan fingerprint density at radius 1 is 1.75 bits per heavy atom. The first-order chi connectivity index (χ1) is 5.74. The molecule has 5 heteroatoms. The fourth-order valence-corrected chi connectivity index (χ4v) is 1.45. The molecular formula is C7H14N2O3. The van der Waals surface area contributed by atoms with Crippen LogP contribution in [0, 0.1) is 5.92 Å². The minimum absolute atomic E-state index is 0.0116. The van der Waals surface area contributed by atoms with Gasteiger partial charge in [0.2, 0.25) is 0 Å². The van der Waals surface area contributed by atoms with Crippen molar-refractivity contribution in [1.29, 1.82) is 0 Å². The smallest absolute Gasteiger partial charge is 0.404 e. The van der Waals surface area contributed by atoms with E-state index in [0.717, 1.165) is 6.54 Å². The highest BCUT2D eigenvalue weighted by molar-refractivity contribution is 5.65. The Bertz CT molecular complexity index is 163. The summed E-state index contributed by atoms with van der Waals surface area (Å²) in [6.45, 7) is 2.11. The van der Waals surface area contributed by atoms with E-state index in [2.05, 4.69) is 10.6 Å². The predicted octanol–water partition coefficient (Wildman–Crippen LogP) is -0.512. The molecule has 5 nitrogen and oxygen atoms in total. The van der Waals surface area contributed by atoms with E-state index in [1.54, 1.807) is 7.11 Å². The number of ether oxygens (including phenoxy) is 1. The topological polar surface area (TPSA) is 70.6 Å². The van der Waals surface area contributed by atoms with E-state index in [4.69, 9.17) is 9.84 Å². The second-order valence-corrected chi connectivity index (χ2v) is 2.93. The zero-order chi connectivity index (χ0) is 8.97. The number of carbonyl (C=O) groups is 1. The van der Waals surface area contributed by atoms with Gasteiger partial charge in [0.15, 0.2) is 0 Å². The summed E-state index contributed by atoms with van der Waals surface area (Å²) in [6, 6.07) is -0.0116. The molecule has 12 heavy (non-hydrogen) atoms. The molecule has 1 fully saturated rings. The molecule has 0 bridgehead atoms. The van der Waals surface area contributed by atoms with Crippen molar-refractivity contribution < 1.29 is 14.6 Å². The van der Waals surface area contributed by atoms with Gasteiger partial charge in [0, 0.05) is 26.1 Å². The third-order valence-electron chi connectivity index (χ3n) is 2.03. The van der Waals surface area contributed by atoms with Gasteiger partial charge < -0.3 is 20.5 Å². The SMILES string of the molecule is COC[C@@H]1CNC[C@@H]1NC(=O)O. The summed E-state index contributed by atoms with van der Waals surface area (Å²) in [6.07, 6.45) is -0.968. The maximum atomic E-state index is 10.3. The molecule has 70 valence electrons. The van der Waals surface area contributed by atoms with Crippen molar-refractivity contribution in [3.63, 3.8) is 0 Å². The van der Waals surface area contributed by atoms with Crippen LogP contribution in [-0.4, -0.2) is 44.0 Å². The van der Waals surface area contributed by atoms with Gasteiger partial charge in [-0.2, -0.15) is 0 Å². The van der Waals surface area contributed by atoms with Crippen molar-refractivity contribution in [3.05, 3.63) is 0 Å². The molecule has 0 aliphatic carbocycles. The van der Waals surface area contributed by atoms with Crippen LogP contribution in [0.15, 0.2) is 0 Å². The van der Waals surface area contributed by atoms with E-state index in [9.17, 15) is 4.79 Å². The first-order valence-corrected chi connectivity index (χ1v) is 3.93. The van der Waals surface area contributed by atoms with E-state index in [-0.39, 0.29) is 12.0 Å². The van der Waals surface area contributed by atoms with Gasteiger partial charge in [0.25, 0.3) is 0 Å². The quantitative estimate of drug-likeness (QED) is 0.539. The van der Waals surface area contributed by atoms with E-state index in [1.165, 1.54) is 0 Å². The monoisotopic (exact) mass is 174 g/mol. The second-order valence-electron chi connectivity index (χ2n) is 2.93. The van der Waals surface area contributed by atoms with Crippen LogP contribution in [0.1, 0.15) is 0 Å². The van der Waals surface area contributed by atoms with Crippen molar-refractivity contribution in [3.8, 4) is 0 Å². The molecule has 1 amide bonds. The fourth-order valence-electron chi connectivity index (χ4n) is 1.45. The number of carboxylic acid groups (broad SMARTS) is 1. The first kappa shape index (κ1) is 9.28. The van der Waals surface area contributed by atoms with Gasteiger partial charge >= 0.3 is 6.09 Å². The third-order valence-corrected chi connectivity index (χ3v) is 2.03. The summed E-state index contributed by atoms with van der Waals surface area (Å²) in [5.41, 5.74) is 0. The van der Waals surface area contributed by atoms with Gasteiger partial charge in [0.05, 0.1) is 12.6 Å². The van der Waals surface area contributed by atoms with Crippen molar-refractivity contribution in [2.45, 2.75) is 6.04 Å². The van der Waals surface area contributed by atoms with Gasteiger partial charge in [-0.3, -0.25) is 0 Å². The average Bonchev–Trinajstić information content (AvgIpc) is 2.37. The molecule has 1 rings (SSSR count). The van der Waals surface area contributed by atoms with Crippen LogP contribution in [0.2, 0.25) is 0 Å². The van der Waals surface area contributed by atoms with Crippen LogP contribution >= 0.6 is 0 Å². The highest BCUT2D eigenvalue weighted by atomic mass is 16.5. The molecule has 2 atom stereocenters. The van der Waals surface area contributed by atoms with E-state index in [0.29, 0.717) is 13.2 Å². The number of nitrogens with one attached hydrogen (secondary N) is 2. The van der Waals surface area contributed by atoms with Gasteiger partial charge in [-0.05, 0) is 0 Å². The van der Waals surface area contributed by atoms with Gasteiger partial charge in [-0.15, -0.1) is 0 Å². The van der Waals surface area contributed by atoms with Crippen molar-refractivity contribution in [2.24, 2.45) is 5.92 Å². The summed E-state index contributed by atoms with van der Waals surface area (Å²) in [7, 11) is 1.62. The Balaban J connectivity index is 2.35. The molecule has 3 N–H and O–H groups in total. The number of rotatable bonds is 3. The predicted molar refractivity (Wildman–Crippen MR) is 43.2 cm³/mol. The Labute approximate surface area is 71.1 Å². The lowest BCUT2D eigenvalue weighted by Gasteiger charge is -2.16. The summed E-state index contributed by atoms with van der Waals surface area (Å²) in [5.74, 6) is 0.256. The minimum Gasteiger partial charge on any atom is -0.465 e. The molecule has 0 aromatic heterocycles. The molecule has 0 saturated carbocycles. The molecule has 1 saturated heterocycles. The van der Waals surface area contributed by atoms with E-state index < -0.39 is 6.09 Å². The number of hydrogen-bond acceptors (Lipinski definition) is 3. The lowest BCUT2D eigenvalue weighted by Crippen LogP contribution is -2.40. The minimum atomic E-state index is -0.968.